The van der Waals surface area contributed by atoms with E-state index in [-0.39, 0.29) is 11.3 Å². The van der Waals surface area contributed by atoms with Crippen molar-refractivity contribution in [2.45, 2.75) is 45.5 Å². The van der Waals surface area contributed by atoms with Crippen molar-refractivity contribution in [3.63, 3.8) is 0 Å². The first-order valence-electron chi connectivity index (χ1n) is 5.71. The van der Waals surface area contributed by atoms with Crippen molar-refractivity contribution >= 4 is 0 Å². The summed E-state index contributed by atoms with van der Waals surface area (Å²) in [5.74, 6) is -0.144. The van der Waals surface area contributed by atoms with Gasteiger partial charge in [-0.25, -0.2) is 0 Å². The predicted molar refractivity (Wildman–Crippen MR) is 64.4 cm³/mol. The van der Waals surface area contributed by atoms with E-state index in [0.717, 1.165) is 5.56 Å². The van der Waals surface area contributed by atoms with E-state index in [1.54, 1.807) is 19.1 Å². The van der Waals surface area contributed by atoms with Crippen LogP contribution in [0, 0.1) is 6.92 Å². The van der Waals surface area contributed by atoms with Crippen molar-refractivity contribution in [2.24, 2.45) is 5.73 Å². The zero-order valence-corrected chi connectivity index (χ0v) is 10.8. The van der Waals surface area contributed by atoms with Crippen LogP contribution < -0.4 is 10.5 Å². The Morgan fingerprint density at radius 1 is 1.22 bits per heavy atom. The number of hydrogen-bond acceptors (Lipinski definition) is 2. The summed E-state index contributed by atoms with van der Waals surface area (Å²) < 4.78 is 40.5. The fraction of sp³-hybridized carbons (Fsp3) is 0.538. The predicted octanol–water partition coefficient (Wildman–Crippen LogP) is 3.56. The quantitative estimate of drug-likeness (QED) is 0.899. The number of ether oxygens (including phenoxy) is 1. The minimum atomic E-state index is -4.66. The van der Waals surface area contributed by atoms with Gasteiger partial charge in [0, 0.05) is 5.54 Å². The maximum Gasteiger partial charge on any atom is 0.573 e. The van der Waals surface area contributed by atoms with Crippen LogP contribution in [0.1, 0.15) is 31.4 Å². The molecule has 0 heterocycles. The highest BCUT2D eigenvalue weighted by atomic mass is 19.4. The average Bonchev–Trinajstić information content (AvgIpc) is 2.16. The number of alkyl halides is 3. The molecule has 0 bridgehead atoms. The van der Waals surface area contributed by atoms with E-state index in [4.69, 9.17) is 5.73 Å². The molecule has 0 spiro atoms. The first-order chi connectivity index (χ1) is 8.07. The lowest BCUT2D eigenvalue weighted by Crippen LogP contribution is -2.32. The standard InChI is InChI=1S/C13H18F3NO/c1-9-4-5-10(6-7-12(2,3)17)8-11(9)18-13(14,15)16/h4-5,8H,6-7,17H2,1-3H3. The van der Waals surface area contributed by atoms with Gasteiger partial charge in [0.05, 0.1) is 0 Å². The lowest BCUT2D eigenvalue weighted by molar-refractivity contribution is -0.274. The van der Waals surface area contributed by atoms with E-state index in [1.807, 2.05) is 13.8 Å². The third-order valence-electron chi connectivity index (χ3n) is 2.54. The zero-order chi connectivity index (χ0) is 14.0. The number of halogens is 3. The maximum absolute atomic E-state index is 12.2. The van der Waals surface area contributed by atoms with Crippen LogP contribution in [0.15, 0.2) is 18.2 Å². The van der Waals surface area contributed by atoms with Crippen LogP contribution in [0.4, 0.5) is 13.2 Å². The molecule has 5 heteroatoms. The molecule has 0 aliphatic heterocycles. The topological polar surface area (TPSA) is 35.2 Å². The zero-order valence-electron chi connectivity index (χ0n) is 10.8. The maximum atomic E-state index is 12.2. The minimum absolute atomic E-state index is 0.144. The summed E-state index contributed by atoms with van der Waals surface area (Å²) >= 11 is 0. The summed E-state index contributed by atoms with van der Waals surface area (Å²) in [4.78, 5) is 0. The molecule has 1 aromatic carbocycles. The molecule has 0 saturated heterocycles. The molecule has 0 aliphatic rings. The average molecular weight is 261 g/mol. The lowest BCUT2D eigenvalue weighted by Gasteiger charge is -2.18. The monoisotopic (exact) mass is 261 g/mol. The molecule has 2 nitrogen and oxygen atoms in total. The third kappa shape index (κ3) is 5.40. The van der Waals surface area contributed by atoms with Crippen molar-refractivity contribution in [1.82, 2.24) is 0 Å². The molecule has 0 saturated carbocycles. The van der Waals surface area contributed by atoms with Crippen LogP contribution in [0.2, 0.25) is 0 Å². The van der Waals surface area contributed by atoms with Gasteiger partial charge in [0.2, 0.25) is 0 Å². The highest BCUT2D eigenvalue weighted by molar-refractivity contribution is 5.36. The Bertz CT molecular complexity index is 408. The molecular formula is C13H18F3NO. The van der Waals surface area contributed by atoms with Gasteiger partial charge in [-0.2, -0.15) is 0 Å². The van der Waals surface area contributed by atoms with Crippen LogP contribution in [0.25, 0.3) is 0 Å². The van der Waals surface area contributed by atoms with Crippen molar-refractivity contribution in [2.75, 3.05) is 0 Å². The number of benzene rings is 1. The van der Waals surface area contributed by atoms with E-state index in [9.17, 15) is 13.2 Å². The van der Waals surface area contributed by atoms with Crippen molar-refractivity contribution < 1.29 is 17.9 Å². The van der Waals surface area contributed by atoms with Gasteiger partial charge in [0.1, 0.15) is 5.75 Å². The van der Waals surface area contributed by atoms with E-state index >= 15 is 0 Å². The van der Waals surface area contributed by atoms with E-state index in [2.05, 4.69) is 4.74 Å². The molecule has 1 aromatic rings. The number of aryl methyl sites for hydroxylation is 2. The molecule has 0 atom stereocenters. The van der Waals surface area contributed by atoms with Crippen LogP contribution in [0.5, 0.6) is 5.75 Å². The molecule has 0 unspecified atom stereocenters. The largest absolute Gasteiger partial charge is 0.573 e. The van der Waals surface area contributed by atoms with Gasteiger partial charge >= 0.3 is 6.36 Å². The Hall–Kier alpha value is -1.23. The highest BCUT2D eigenvalue weighted by Gasteiger charge is 2.31. The molecule has 0 aliphatic carbocycles. The molecule has 2 N–H and O–H groups in total. The number of nitrogens with two attached hydrogens (primary N) is 1. The van der Waals surface area contributed by atoms with Crippen LogP contribution in [-0.2, 0) is 6.42 Å². The molecule has 0 aromatic heterocycles. The lowest BCUT2D eigenvalue weighted by atomic mass is 9.96. The Labute approximate surface area is 105 Å². The van der Waals surface area contributed by atoms with Gasteiger partial charge in [-0.3, -0.25) is 0 Å². The minimum Gasteiger partial charge on any atom is -0.406 e. The Morgan fingerprint density at radius 3 is 2.33 bits per heavy atom. The molecule has 18 heavy (non-hydrogen) atoms. The fourth-order valence-corrected chi connectivity index (χ4v) is 1.50. The molecule has 0 amide bonds. The SMILES string of the molecule is Cc1ccc(CCC(C)(C)N)cc1OC(F)(F)F. The highest BCUT2D eigenvalue weighted by Crippen LogP contribution is 2.27. The first-order valence-corrected chi connectivity index (χ1v) is 5.71. The molecule has 102 valence electrons. The Balaban J connectivity index is 2.81. The normalized spacial score (nSPS) is 12.6. The van der Waals surface area contributed by atoms with E-state index < -0.39 is 6.36 Å². The van der Waals surface area contributed by atoms with Gasteiger partial charge in [-0.1, -0.05) is 12.1 Å². The van der Waals surface area contributed by atoms with Gasteiger partial charge in [0.15, 0.2) is 0 Å². The summed E-state index contributed by atoms with van der Waals surface area (Å²) in [6, 6.07) is 4.85. The molecule has 1 rings (SSSR count). The van der Waals surface area contributed by atoms with Gasteiger partial charge in [-0.15, -0.1) is 13.2 Å². The number of rotatable bonds is 4. The number of hydrogen-bond donors (Lipinski definition) is 1. The van der Waals surface area contributed by atoms with Crippen molar-refractivity contribution in [3.8, 4) is 5.75 Å². The molecule has 0 fully saturated rings. The van der Waals surface area contributed by atoms with Gasteiger partial charge in [0.25, 0.3) is 0 Å². The third-order valence-corrected chi connectivity index (χ3v) is 2.54. The molecule has 0 radical (unpaired) electrons. The van der Waals surface area contributed by atoms with Gasteiger partial charge < -0.3 is 10.5 Å². The second kappa shape index (κ2) is 5.18. The second-order valence-electron chi connectivity index (χ2n) is 5.14. The summed E-state index contributed by atoms with van der Waals surface area (Å²) in [5.41, 5.74) is 6.76. The smallest absolute Gasteiger partial charge is 0.406 e. The van der Waals surface area contributed by atoms with E-state index in [1.165, 1.54) is 6.07 Å². The Kier molecular flexibility index (Phi) is 4.27. The molecular weight excluding hydrogens is 243 g/mol. The summed E-state index contributed by atoms with van der Waals surface area (Å²) in [6.45, 7) is 5.35. The van der Waals surface area contributed by atoms with Crippen LogP contribution in [0.3, 0.4) is 0 Å². The summed E-state index contributed by atoms with van der Waals surface area (Å²) in [5, 5.41) is 0. The van der Waals surface area contributed by atoms with E-state index in [0.29, 0.717) is 18.4 Å². The Morgan fingerprint density at radius 2 is 1.83 bits per heavy atom. The van der Waals surface area contributed by atoms with Crippen molar-refractivity contribution in [1.29, 1.82) is 0 Å². The summed E-state index contributed by atoms with van der Waals surface area (Å²) in [7, 11) is 0. The summed E-state index contributed by atoms with van der Waals surface area (Å²) in [6.07, 6.45) is -3.34. The van der Waals surface area contributed by atoms with Crippen molar-refractivity contribution in [3.05, 3.63) is 29.3 Å². The van der Waals surface area contributed by atoms with Gasteiger partial charge in [-0.05, 0) is 50.8 Å². The second-order valence-corrected chi connectivity index (χ2v) is 5.14. The first kappa shape index (κ1) is 14.8. The van der Waals surface area contributed by atoms with Crippen LogP contribution >= 0.6 is 0 Å². The fourth-order valence-electron chi connectivity index (χ4n) is 1.50. The van der Waals surface area contributed by atoms with Crippen LogP contribution in [-0.4, -0.2) is 11.9 Å².